The van der Waals surface area contributed by atoms with Crippen molar-refractivity contribution in [2.75, 3.05) is 5.32 Å². The Bertz CT molecular complexity index is 729. The molecule has 0 fully saturated rings. The zero-order valence-electron chi connectivity index (χ0n) is 11.4. The number of para-hydroxylation sites is 1. The van der Waals surface area contributed by atoms with E-state index in [1.54, 1.807) is 24.3 Å². The van der Waals surface area contributed by atoms with E-state index in [1.807, 2.05) is 0 Å². The molecule has 2 aromatic rings. The summed E-state index contributed by atoms with van der Waals surface area (Å²) in [6, 6.07) is 12.3. The third kappa shape index (κ3) is 4.00. The molecule has 0 bridgehead atoms. The van der Waals surface area contributed by atoms with E-state index in [-0.39, 0.29) is 5.69 Å². The number of carbonyl (C=O) groups excluding carboxylic acids is 2. The minimum atomic E-state index is -0.679. The van der Waals surface area contributed by atoms with Crippen LogP contribution in [0.25, 0.3) is 6.08 Å². The fourth-order valence-corrected chi connectivity index (χ4v) is 1.75. The van der Waals surface area contributed by atoms with Gasteiger partial charge in [-0.1, -0.05) is 24.3 Å². The van der Waals surface area contributed by atoms with E-state index in [0.29, 0.717) is 11.1 Å². The predicted molar refractivity (Wildman–Crippen MR) is 79.8 cm³/mol. The zero-order valence-corrected chi connectivity index (χ0v) is 11.4. The van der Waals surface area contributed by atoms with Gasteiger partial charge in [-0.2, -0.15) is 0 Å². The van der Waals surface area contributed by atoms with Gasteiger partial charge in [0.2, 0.25) is 0 Å². The maximum Gasteiger partial charge on any atom is 0.267 e. The largest absolute Gasteiger partial charge is 0.319 e. The lowest BCUT2D eigenvalue weighted by Gasteiger charge is -2.06. The standard InChI is InChI=1S/C16H13FN2O3/c17-13-6-1-2-7-14(13)18-16(21)12-5-3-4-11(10-12)8-9-15(20)19-22/h1-10,22H,(H,18,21)(H,19,20). The molecule has 0 unspecified atom stereocenters. The maximum atomic E-state index is 13.5. The predicted octanol–water partition coefficient (Wildman–Crippen LogP) is 2.60. The second kappa shape index (κ2) is 7.14. The maximum absolute atomic E-state index is 13.5. The molecule has 2 rings (SSSR count). The van der Waals surface area contributed by atoms with Gasteiger partial charge in [-0.25, -0.2) is 9.87 Å². The lowest BCUT2D eigenvalue weighted by Crippen LogP contribution is -2.15. The third-order valence-corrected chi connectivity index (χ3v) is 2.81. The summed E-state index contributed by atoms with van der Waals surface area (Å²) in [4.78, 5) is 23.0. The Morgan fingerprint density at radius 2 is 1.86 bits per heavy atom. The topological polar surface area (TPSA) is 78.4 Å². The number of carbonyl (C=O) groups is 2. The van der Waals surface area contributed by atoms with Crippen molar-refractivity contribution in [3.63, 3.8) is 0 Å². The number of rotatable bonds is 4. The Kier molecular flexibility index (Phi) is 5.00. The number of hydrogen-bond acceptors (Lipinski definition) is 3. The molecular weight excluding hydrogens is 287 g/mol. The van der Waals surface area contributed by atoms with Gasteiger partial charge in [-0.3, -0.25) is 14.8 Å². The molecule has 0 saturated heterocycles. The van der Waals surface area contributed by atoms with Crippen LogP contribution in [0.15, 0.2) is 54.6 Å². The van der Waals surface area contributed by atoms with E-state index in [4.69, 9.17) is 5.21 Å². The van der Waals surface area contributed by atoms with Crippen molar-refractivity contribution < 1.29 is 19.2 Å². The van der Waals surface area contributed by atoms with E-state index >= 15 is 0 Å². The normalized spacial score (nSPS) is 10.5. The number of hydrogen-bond donors (Lipinski definition) is 3. The number of halogens is 1. The highest BCUT2D eigenvalue weighted by molar-refractivity contribution is 6.04. The van der Waals surface area contributed by atoms with E-state index in [1.165, 1.54) is 35.8 Å². The number of nitrogens with one attached hydrogen (secondary N) is 2. The van der Waals surface area contributed by atoms with E-state index in [0.717, 1.165) is 6.08 Å². The van der Waals surface area contributed by atoms with Crippen LogP contribution < -0.4 is 10.8 Å². The highest BCUT2D eigenvalue weighted by atomic mass is 19.1. The summed E-state index contributed by atoms with van der Waals surface area (Å²) in [5.41, 5.74) is 2.46. The summed E-state index contributed by atoms with van der Waals surface area (Å²) in [5, 5.41) is 10.9. The minimum absolute atomic E-state index is 0.0908. The van der Waals surface area contributed by atoms with Crippen LogP contribution in [0.3, 0.4) is 0 Å². The van der Waals surface area contributed by atoms with Crippen LogP contribution in [0, 0.1) is 5.82 Å². The number of anilines is 1. The molecule has 0 atom stereocenters. The number of benzene rings is 2. The SMILES string of the molecule is O=C(C=Cc1cccc(C(=O)Nc2ccccc2F)c1)NO. The van der Waals surface area contributed by atoms with Crippen molar-refractivity contribution in [1.82, 2.24) is 5.48 Å². The Labute approximate surface area is 126 Å². The van der Waals surface area contributed by atoms with Gasteiger partial charge in [-0.05, 0) is 35.9 Å². The zero-order chi connectivity index (χ0) is 15.9. The molecule has 22 heavy (non-hydrogen) atoms. The lowest BCUT2D eigenvalue weighted by atomic mass is 10.1. The molecular formula is C16H13FN2O3. The first-order valence-electron chi connectivity index (χ1n) is 6.38. The fraction of sp³-hybridized carbons (Fsp3) is 0. The average molecular weight is 300 g/mol. The smallest absolute Gasteiger partial charge is 0.267 e. The molecule has 0 spiro atoms. The molecule has 2 aromatic carbocycles. The van der Waals surface area contributed by atoms with Gasteiger partial charge in [0, 0.05) is 11.6 Å². The highest BCUT2D eigenvalue weighted by Gasteiger charge is 2.08. The van der Waals surface area contributed by atoms with Crippen LogP contribution >= 0.6 is 0 Å². The molecule has 0 heterocycles. The van der Waals surface area contributed by atoms with Gasteiger partial charge in [0.15, 0.2) is 0 Å². The van der Waals surface area contributed by atoms with Crippen LogP contribution in [-0.4, -0.2) is 17.0 Å². The van der Waals surface area contributed by atoms with Crippen LogP contribution in [0.1, 0.15) is 15.9 Å². The average Bonchev–Trinajstić information content (AvgIpc) is 2.55. The fourth-order valence-electron chi connectivity index (χ4n) is 1.75. The summed E-state index contributed by atoms with van der Waals surface area (Å²) in [6.07, 6.45) is 2.55. The molecule has 2 amide bonds. The molecule has 0 aromatic heterocycles. The van der Waals surface area contributed by atoms with Gasteiger partial charge in [0.25, 0.3) is 11.8 Å². The molecule has 112 valence electrons. The first-order chi connectivity index (χ1) is 10.6. The summed E-state index contributed by atoms with van der Waals surface area (Å²) >= 11 is 0. The Hall–Kier alpha value is -2.99. The lowest BCUT2D eigenvalue weighted by molar-refractivity contribution is -0.124. The van der Waals surface area contributed by atoms with Gasteiger partial charge in [0.05, 0.1) is 5.69 Å². The molecule has 3 N–H and O–H groups in total. The van der Waals surface area contributed by atoms with Gasteiger partial charge >= 0.3 is 0 Å². The highest BCUT2D eigenvalue weighted by Crippen LogP contribution is 2.15. The van der Waals surface area contributed by atoms with Crippen molar-refractivity contribution >= 4 is 23.6 Å². The first-order valence-corrected chi connectivity index (χ1v) is 6.38. The van der Waals surface area contributed by atoms with Gasteiger partial charge in [0.1, 0.15) is 5.82 Å². The number of amides is 2. The first kappa shape index (κ1) is 15.4. The van der Waals surface area contributed by atoms with E-state index < -0.39 is 17.6 Å². The van der Waals surface area contributed by atoms with Crippen molar-refractivity contribution in [3.8, 4) is 0 Å². The summed E-state index contributed by atoms with van der Waals surface area (Å²) < 4.78 is 13.5. The quantitative estimate of drug-likeness (QED) is 0.461. The molecule has 6 heteroatoms. The molecule has 0 aliphatic heterocycles. The Balaban J connectivity index is 2.15. The van der Waals surface area contributed by atoms with Crippen LogP contribution in [0.4, 0.5) is 10.1 Å². The Morgan fingerprint density at radius 1 is 1.09 bits per heavy atom. The van der Waals surface area contributed by atoms with Crippen LogP contribution in [0.2, 0.25) is 0 Å². The number of hydroxylamine groups is 1. The van der Waals surface area contributed by atoms with Crippen molar-refractivity contribution in [2.24, 2.45) is 0 Å². The van der Waals surface area contributed by atoms with Crippen molar-refractivity contribution in [1.29, 1.82) is 0 Å². The van der Waals surface area contributed by atoms with Crippen LogP contribution in [-0.2, 0) is 4.79 Å². The monoisotopic (exact) mass is 300 g/mol. The Morgan fingerprint density at radius 3 is 2.59 bits per heavy atom. The third-order valence-electron chi connectivity index (χ3n) is 2.81. The summed E-state index contributed by atoms with van der Waals surface area (Å²) in [6.45, 7) is 0. The summed E-state index contributed by atoms with van der Waals surface area (Å²) in [5.74, 6) is -1.67. The molecule has 0 saturated carbocycles. The van der Waals surface area contributed by atoms with Crippen molar-refractivity contribution in [3.05, 3.63) is 71.6 Å². The van der Waals surface area contributed by atoms with Gasteiger partial charge < -0.3 is 5.32 Å². The second-order valence-corrected chi connectivity index (χ2v) is 4.37. The molecule has 5 nitrogen and oxygen atoms in total. The summed E-state index contributed by atoms with van der Waals surface area (Å²) in [7, 11) is 0. The molecule has 0 aliphatic rings. The van der Waals surface area contributed by atoms with Gasteiger partial charge in [-0.15, -0.1) is 0 Å². The van der Waals surface area contributed by atoms with Crippen molar-refractivity contribution in [2.45, 2.75) is 0 Å². The molecule has 0 radical (unpaired) electrons. The minimum Gasteiger partial charge on any atom is -0.319 e. The van der Waals surface area contributed by atoms with Crippen LogP contribution in [0.5, 0.6) is 0 Å². The second-order valence-electron chi connectivity index (χ2n) is 4.37. The molecule has 0 aliphatic carbocycles. The van der Waals surface area contributed by atoms with E-state index in [2.05, 4.69) is 5.32 Å². The van der Waals surface area contributed by atoms with E-state index in [9.17, 15) is 14.0 Å².